The molecule has 21 heavy (non-hydrogen) atoms. The highest BCUT2D eigenvalue weighted by atomic mass is 35.5. The first-order valence-electron chi connectivity index (χ1n) is 7.37. The van der Waals surface area contributed by atoms with Crippen LogP contribution in [0.15, 0.2) is 24.3 Å². The van der Waals surface area contributed by atoms with Crippen molar-refractivity contribution in [1.29, 1.82) is 0 Å². The van der Waals surface area contributed by atoms with E-state index in [1.165, 1.54) is 6.92 Å². The predicted molar refractivity (Wildman–Crippen MR) is 83.2 cm³/mol. The number of nitrogens with zero attached hydrogens (tertiary/aromatic N) is 1. The van der Waals surface area contributed by atoms with Gasteiger partial charge in [0, 0.05) is 25.0 Å². The minimum Gasteiger partial charge on any atom is -0.354 e. The average molecular weight is 309 g/mol. The molecule has 1 heterocycles. The lowest BCUT2D eigenvalue weighted by Crippen LogP contribution is -2.51. The van der Waals surface area contributed by atoms with Gasteiger partial charge in [0.1, 0.15) is 6.04 Å². The molecule has 1 saturated heterocycles. The molecule has 5 heteroatoms. The van der Waals surface area contributed by atoms with E-state index in [4.69, 9.17) is 11.6 Å². The third-order valence-corrected chi connectivity index (χ3v) is 4.09. The molecular weight excluding hydrogens is 288 g/mol. The normalized spacial score (nSPS) is 18.4. The van der Waals surface area contributed by atoms with Crippen molar-refractivity contribution in [1.82, 2.24) is 10.2 Å². The Balaban J connectivity index is 1.83. The van der Waals surface area contributed by atoms with E-state index in [0.29, 0.717) is 18.1 Å². The van der Waals surface area contributed by atoms with E-state index in [-0.39, 0.29) is 17.9 Å². The lowest BCUT2D eigenvalue weighted by atomic mass is 10.0. The summed E-state index contributed by atoms with van der Waals surface area (Å²) in [5, 5.41) is 3.64. The summed E-state index contributed by atoms with van der Waals surface area (Å²) in [5.41, 5.74) is 1.13. The molecule has 0 radical (unpaired) electrons. The monoisotopic (exact) mass is 308 g/mol. The predicted octanol–water partition coefficient (Wildman–Crippen LogP) is 2.40. The van der Waals surface area contributed by atoms with Gasteiger partial charge < -0.3 is 10.2 Å². The zero-order valence-electron chi connectivity index (χ0n) is 12.3. The Morgan fingerprint density at radius 2 is 2.00 bits per heavy atom. The molecule has 2 amide bonds. The molecule has 2 rings (SSSR count). The van der Waals surface area contributed by atoms with Gasteiger partial charge in [-0.25, -0.2) is 0 Å². The van der Waals surface area contributed by atoms with Gasteiger partial charge in [-0.1, -0.05) is 23.7 Å². The molecule has 0 spiro atoms. The van der Waals surface area contributed by atoms with E-state index in [1.807, 2.05) is 24.3 Å². The number of amides is 2. The molecule has 1 aliphatic rings. The summed E-state index contributed by atoms with van der Waals surface area (Å²) in [6.07, 6.45) is 3.50. The van der Waals surface area contributed by atoms with Gasteiger partial charge in [0.15, 0.2) is 0 Å². The topological polar surface area (TPSA) is 49.4 Å². The van der Waals surface area contributed by atoms with Crippen molar-refractivity contribution in [3.63, 3.8) is 0 Å². The number of carbonyl (C=O) groups excluding carboxylic acids is 2. The lowest BCUT2D eigenvalue weighted by Gasteiger charge is -2.33. The maximum Gasteiger partial charge on any atom is 0.242 e. The number of carbonyl (C=O) groups is 2. The van der Waals surface area contributed by atoms with Crippen LogP contribution < -0.4 is 5.32 Å². The molecule has 1 N–H and O–H groups in total. The molecule has 0 bridgehead atoms. The van der Waals surface area contributed by atoms with Gasteiger partial charge >= 0.3 is 0 Å². The molecule has 4 nitrogen and oxygen atoms in total. The van der Waals surface area contributed by atoms with E-state index in [9.17, 15) is 9.59 Å². The van der Waals surface area contributed by atoms with Crippen LogP contribution in [0.5, 0.6) is 0 Å². The quantitative estimate of drug-likeness (QED) is 0.928. The number of piperidine rings is 1. The highest BCUT2D eigenvalue weighted by molar-refractivity contribution is 6.30. The highest BCUT2D eigenvalue weighted by Gasteiger charge is 2.29. The van der Waals surface area contributed by atoms with Crippen molar-refractivity contribution < 1.29 is 9.59 Å². The van der Waals surface area contributed by atoms with Gasteiger partial charge in [0.25, 0.3) is 0 Å². The van der Waals surface area contributed by atoms with Gasteiger partial charge in [-0.05, 0) is 43.4 Å². The Morgan fingerprint density at radius 3 is 2.67 bits per heavy atom. The van der Waals surface area contributed by atoms with Gasteiger partial charge in [0.2, 0.25) is 11.8 Å². The first-order valence-corrected chi connectivity index (χ1v) is 7.75. The van der Waals surface area contributed by atoms with Gasteiger partial charge in [-0.3, -0.25) is 9.59 Å². The fraction of sp³-hybridized carbons (Fsp3) is 0.500. The van der Waals surface area contributed by atoms with Crippen LogP contribution in [0.2, 0.25) is 5.02 Å². The zero-order chi connectivity index (χ0) is 15.2. The Morgan fingerprint density at radius 1 is 1.29 bits per heavy atom. The summed E-state index contributed by atoms with van der Waals surface area (Å²) in [6, 6.07) is 7.30. The molecular formula is C16H21ClN2O2. The summed E-state index contributed by atoms with van der Waals surface area (Å²) in [6.45, 7) is 2.78. The minimum atomic E-state index is -0.304. The number of nitrogens with one attached hydrogen (secondary N) is 1. The largest absolute Gasteiger partial charge is 0.354 e. The van der Waals surface area contributed by atoms with Gasteiger partial charge in [-0.2, -0.15) is 0 Å². The maximum atomic E-state index is 12.2. The second-order valence-corrected chi connectivity index (χ2v) is 5.83. The van der Waals surface area contributed by atoms with Crippen molar-refractivity contribution >= 4 is 23.4 Å². The first-order chi connectivity index (χ1) is 10.1. The fourth-order valence-corrected chi connectivity index (χ4v) is 2.81. The number of hydrogen-bond acceptors (Lipinski definition) is 2. The van der Waals surface area contributed by atoms with Crippen molar-refractivity contribution in [2.24, 2.45) is 0 Å². The first kappa shape index (κ1) is 15.8. The zero-order valence-corrected chi connectivity index (χ0v) is 13.0. The van der Waals surface area contributed by atoms with Crippen LogP contribution in [-0.4, -0.2) is 35.8 Å². The number of likely N-dealkylation sites (tertiary alicyclic amines) is 1. The number of hydrogen-bond donors (Lipinski definition) is 1. The average Bonchev–Trinajstić information content (AvgIpc) is 2.49. The van der Waals surface area contributed by atoms with Gasteiger partial charge in [-0.15, -0.1) is 0 Å². The summed E-state index contributed by atoms with van der Waals surface area (Å²) in [5.74, 6) is -0.0635. The second-order valence-electron chi connectivity index (χ2n) is 5.39. The van der Waals surface area contributed by atoms with E-state index >= 15 is 0 Å². The fourth-order valence-electron chi connectivity index (χ4n) is 2.68. The van der Waals surface area contributed by atoms with E-state index in [0.717, 1.165) is 31.2 Å². The van der Waals surface area contributed by atoms with Crippen LogP contribution in [0.3, 0.4) is 0 Å². The van der Waals surface area contributed by atoms with E-state index in [1.54, 1.807) is 4.90 Å². The molecule has 0 aromatic heterocycles. The van der Waals surface area contributed by atoms with Gasteiger partial charge in [0.05, 0.1) is 0 Å². The molecule has 1 aromatic carbocycles. The van der Waals surface area contributed by atoms with Crippen LogP contribution in [0, 0.1) is 0 Å². The molecule has 1 atom stereocenters. The molecule has 0 saturated carbocycles. The van der Waals surface area contributed by atoms with Crippen LogP contribution in [0.25, 0.3) is 0 Å². The van der Waals surface area contributed by atoms with Crippen molar-refractivity contribution in [2.75, 3.05) is 13.1 Å². The van der Waals surface area contributed by atoms with Crippen LogP contribution in [-0.2, 0) is 16.0 Å². The number of rotatable bonds is 4. The van der Waals surface area contributed by atoms with Crippen LogP contribution >= 0.6 is 11.6 Å². The van der Waals surface area contributed by atoms with E-state index < -0.39 is 0 Å². The molecule has 1 unspecified atom stereocenters. The third-order valence-electron chi connectivity index (χ3n) is 3.84. The maximum absolute atomic E-state index is 12.2. The standard InChI is InChI=1S/C16H21ClN2O2/c1-12(20)19-11-3-2-4-15(19)16(21)18-10-9-13-5-7-14(17)8-6-13/h5-8,15H,2-4,9-11H2,1H3,(H,18,21). The molecule has 1 aliphatic heterocycles. The third kappa shape index (κ3) is 4.46. The van der Waals surface area contributed by atoms with Crippen molar-refractivity contribution in [3.8, 4) is 0 Å². The lowest BCUT2D eigenvalue weighted by molar-refractivity contribution is -0.140. The summed E-state index contributed by atoms with van der Waals surface area (Å²) in [7, 11) is 0. The molecule has 1 aromatic rings. The SMILES string of the molecule is CC(=O)N1CCCCC1C(=O)NCCc1ccc(Cl)cc1. The number of benzene rings is 1. The van der Waals surface area contributed by atoms with Crippen LogP contribution in [0.4, 0.5) is 0 Å². The van der Waals surface area contributed by atoms with Crippen molar-refractivity contribution in [3.05, 3.63) is 34.9 Å². The Bertz CT molecular complexity index is 502. The number of halogens is 1. The smallest absolute Gasteiger partial charge is 0.242 e. The summed E-state index contributed by atoms with van der Waals surface area (Å²) in [4.78, 5) is 25.5. The summed E-state index contributed by atoms with van der Waals surface area (Å²) >= 11 is 5.84. The molecule has 0 aliphatic carbocycles. The highest BCUT2D eigenvalue weighted by Crippen LogP contribution is 2.17. The minimum absolute atomic E-state index is 0.0208. The molecule has 114 valence electrons. The second kappa shape index (κ2) is 7.46. The Hall–Kier alpha value is -1.55. The Labute approximate surface area is 130 Å². The Kier molecular flexibility index (Phi) is 5.62. The summed E-state index contributed by atoms with van der Waals surface area (Å²) < 4.78 is 0. The van der Waals surface area contributed by atoms with E-state index in [2.05, 4.69) is 5.32 Å². The molecule has 1 fully saturated rings. The van der Waals surface area contributed by atoms with Crippen LogP contribution in [0.1, 0.15) is 31.7 Å². The van der Waals surface area contributed by atoms with Crippen molar-refractivity contribution in [2.45, 2.75) is 38.6 Å².